The first kappa shape index (κ1) is 23.5. The fourth-order valence-electron chi connectivity index (χ4n) is 4.07. The van der Waals surface area contributed by atoms with Crippen molar-refractivity contribution in [1.29, 1.82) is 0 Å². The van der Waals surface area contributed by atoms with Gasteiger partial charge in [0.15, 0.2) is 0 Å². The van der Waals surface area contributed by atoms with E-state index in [1.165, 1.54) is 0 Å². The number of piperidine rings is 2. The van der Waals surface area contributed by atoms with E-state index in [-0.39, 0.29) is 36.8 Å². The number of primary amides is 1. The predicted molar refractivity (Wildman–Crippen MR) is 111 cm³/mol. The Bertz CT molecular complexity index is 673. The van der Waals surface area contributed by atoms with Crippen LogP contribution in [0.3, 0.4) is 0 Å². The number of aryl methyl sites for hydroxylation is 1. The third-order valence-corrected chi connectivity index (χ3v) is 5.33. The van der Waals surface area contributed by atoms with Crippen molar-refractivity contribution in [3.05, 3.63) is 23.4 Å². The number of halogens is 2. The molecular formula is C18H29Cl2N5O2. The Morgan fingerprint density at radius 2 is 2.04 bits per heavy atom. The van der Waals surface area contributed by atoms with Crippen molar-refractivity contribution in [3.63, 3.8) is 0 Å². The highest BCUT2D eigenvalue weighted by atomic mass is 35.5. The van der Waals surface area contributed by atoms with Crippen molar-refractivity contribution in [2.75, 3.05) is 31.1 Å². The van der Waals surface area contributed by atoms with Crippen molar-refractivity contribution >= 4 is 42.4 Å². The Balaban J connectivity index is 0.00000182. The van der Waals surface area contributed by atoms with Crippen molar-refractivity contribution in [2.24, 2.45) is 17.4 Å². The largest absolute Gasteiger partial charge is 0.365 e. The molecule has 7 nitrogen and oxygen atoms in total. The lowest BCUT2D eigenvalue weighted by molar-refractivity contribution is -0.139. The second-order valence-corrected chi connectivity index (χ2v) is 7.02. The van der Waals surface area contributed by atoms with Gasteiger partial charge in [0.2, 0.25) is 5.91 Å². The lowest BCUT2D eigenvalue weighted by Crippen LogP contribution is -2.56. The number of anilines is 1. The summed E-state index contributed by atoms with van der Waals surface area (Å²) >= 11 is 0. The standard InChI is InChI=1S/C18H27N5O2.2ClH/c1-12-3-5-14(17(20)25)18(21-12)22-10-7-15-13(11-22)4-6-16(24)23(15)9-2-8-19;;/h3,5,13,15H,2,4,6-11,19H2,1H3,(H2,20,25);2*1H/t13-,15+;;/m0../s1. The zero-order valence-corrected chi connectivity index (χ0v) is 17.2. The molecule has 4 N–H and O–H groups in total. The number of aromatic nitrogens is 1. The van der Waals surface area contributed by atoms with E-state index in [0.717, 1.165) is 44.6 Å². The molecule has 0 aliphatic carbocycles. The monoisotopic (exact) mass is 417 g/mol. The topological polar surface area (TPSA) is 106 Å². The average Bonchev–Trinajstić information content (AvgIpc) is 2.60. The van der Waals surface area contributed by atoms with E-state index in [4.69, 9.17) is 11.5 Å². The van der Waals surface area contributed by atoms with E-state index in [9.17, 15) is 9.59 Å². The summed E-state index contributed by atoms with van der Waals surface area (Å²) < 4.78 is 0. The lowest BCUT2D eigenvalue weighted by Gasteiger charge is -2.47. The zero-order chi connectivity index (χ0) is 18.0. The Hall–Kier alpha value is -1.57. The van der Waals surface area contributed by atoms with E-state index in [1.54, 1.807) is 6.07 Å². The average molecular weight is 418 g/mol. The molecule has 3 rings (SSSR count). The molecule has 9 heteroatoms. The summed E-state index contributed by atoms with van der Waals surface area (Å²) in [4.78, 5) is 32.8. The van der Waals surface area contributed by atoms with E-state index >= 15 is 0 Å². The summed E-state index contributed by atoms with van der Waals surface area (Å²) in [6.45, 7) is 4.82. The van der Waals surface area contributed by atoms with Crippen LogP contribution in [0, 0.1) is 12.8 Å². The SMILES string of the molecule is Cc1ccc(C(N)=O)c(N2CC[C@@H]3[C@@H](CCC(=O)N3CCCN)C2)n1.Cl.Cl. The summed E-state index contributed by atoms with van der Waals surface area (Å²) in [5.74, 6) is 0.867. The quantitative estimate of drug-likeness (QED) is 0.754. The van der Waals surface area contributed by atoms with Crippen LogP contribution in [-0.2, 0) is 4.79 Å². The van der Waals surface area contributed by atoms with Gasteiger partial charge >= 0.3 is 0 Å². The van der Waals surface area contributed by atoms with Crippen LogP contribution in [-0.4, -0.2) is 53.9 Å². The maximum atomic E-state index is 12.3. The highest BCUT2D eigenvalue weighted by Crippen LogP contribution is 2.33. The van der Waals surface area contributed by atoms with Gasteiger partial charge in [-0.2, -0.15) is 0 Å². The first-order chi connectivity index (χ1) is 12.0. The molecule has 152 valence electrons. The Kier molecular flexibility index (Phi) is 8.78. The van der Waals surface area contributed by atoms with Crippen LogP contribution in [0.15, 0.2) is 12.1 Å². The number of hydrogen-bond donors (Lipinski definition) is 2. The van der Waals surface area contributed by atoms with Gasteiger partial charge in [-0.05, 0) is 50.8 Å². The fraction of sp³-hybridized carbons (Fsp3) is 0.611. The van der Waals surface area contributed by atoms with E-state index in [1.807, 2.05) is 17.9 Å². The molecule has 2 aliphatic heterocycles. The van der Waals surface area contributed by atoms with Crippen LogP contribution in [0.1, 0.15) is 41.7 Å². The molecule has 0 saturated carbocycles. The van der Waals surface area contributed by atoms with Crippen LogP contribution in [0.4, 0.5) is 5.82 Å². The van der Waals surface area contributed by atoms with Crippen molar-refractivity contribution in [3.8, 4) is 0 Å². The number of amides is 2. The van der Waals surface area contributed by atoms with Gasteiger partial charge < -0.3 is 21.3 Å². The van der Waals surface area contributed by atoms with Gasteiger partial charge in [0.1, 0.15) is 5.82 Å². The van der Waals surface area contributed by atoms with E-state index < -0.39 is 5.91 Å². The summed E-state index contributed by atoms with van der Waals surface area (Å²) in [6.07, 6.45) is 3.19. The smallest absolute Gasteiger partial charge is 0.252 e. The van der Waals surface area contributed by atoms with Crippen molar-refractivity contribution < 1.29 is 9.59 Å². The third-order valence-electron chi connectivity index (χ3n) is 5.33. The molecule has 2 atom stereocenters. The summed E-state index contributed by atoms with van der Waals surface area (Å²) in [5.41, 5.74) is 12.5. The van der Waals surface area contributed by atoms with Crippen LogP contribution in [0.25, 0.3) is 0 Å². The maximum Gasteiger partial charge on any atom is 0.252 e. The predicted octanol–water partition coefficient (Wildman–Crippen LogP) is 1.50. The van der Waals surface area contributed by atoms with Crippen molar-refractivity contribution in [2.45, 2.75) is 38.6 Å². The minimum absolute atomic E-state index is 0. The lowest BCUT2D eigenvalue weighted by atomic mass is 9.83. The highest BCUT2D eigenvalue weighted by Gasteiger charge is 2.39. The number of nitrogens with two attached hydrogens (primary N) is 2. The Morgan fingerprint density at radius 3 is 2.70 bits per heavy atom. The minimum atomic E-state index is -0.451. The number of rotatable bonds is 5. The zero-order valence-electron chi connectivity index (χ0n) is 15.6. The van der Waals surface area contributed by atoms with E-state index in [0.29, 0.717) is 30.3 Å². The van der Waals surface area contributed by atoms with E-state index in [2.05, 4.69) is 9.88 Å². The molecule has 0 aromatic carbocycles. The summed E-state index contributed by atoms with van der Waals surface area (Å²) in [5, 5.41) is 0. The minimum Gasteiger partial charge on any atom is -0.365 e. The molecule has 0 unspecified atom stereocenters. The van der Waals surface area contributed by atoms with Crippen LogP contribution >= 0.6 is 24.8 Å². The Morgan fingerprint density at radius 1 is 1.30 bits per heavy atom. The summed E-state index contributed by atoms with van der Waals surface area (Å²) in [7, 11) is 0. The van der Waals surface area contributed by atoms with Crippen molar-refractivity contribution in [1.82, 2.24) is 9.88 Å². The number of pyridine rings is 1. The number of carbonyl (C=O) groups excluding carboxylic acids is 2. The van der Waals surface area contributed by atoms with Crippen LogP contribution < -0.4 is 16.4 Å². The molecule has 3 heterocycles. The molecule has 2 fully saturated rings. The highest BCUT2D eigenvalue weighted by molar-refractivity contribution is 5.97. The number of carbonyl (C=O) groups is 2. The number of fused-ring (bicyclic) bond motifs is 1. The van der Waals surface area contributed by atoms with Gasteiger partial charge in [0.25, 0.3) is 5.91 Å². The van der Waals surface area contributed by atoms with Gasteiger partial charge in [-0.15, -0.1) is 24.8 Å². The normalized spacial score (nSPS) is 21.8. The molecule has 27 heavy (non-hydrogen) atoms. The fourth-order valence-corrected chi connectivity index (χ4v) is 4.07. The third kappa shape index (κ3) is 5.03. The molecule has 1 aromatic heterocycles. The van der Waals surface area contributed by atoms with Gasteiger partial charge in [-0.1, -0.05) is 0 Å². The van der Waals surface area contributed by atoms with Crippen LogP contribution in [0.5, 0.6) is 0 Å². The van der Waals surface area contributed by atoms with Gasteiger partial charge in [-0.3, -0.25) is 9.59 Å². The second kappa shape index (κ2) is 10.1. The molecule has 2 amide bonds. The first-order valence-corrected chi connectivity index (χ1v) is 9.03. The number of likely N-dealkylation sites (tertiary alicyclic amines) is 1. The summed E-state index contributed by atoms with van der Waals surface area (Å²) in [6, 6.07) is 3.83. The number of hydrogen-bond acceptors (Lipinski definition) is 5. The molecule has 0 bridgehead atoms. The maximum absolute atomic E-state index is 12.3. The Labute approximate surface area is 172 Å². The first-order valence-electron chi connectivity index (χ1n) is 9.03. The molecule has 1 aromatic rings. The molecule has 2 aliphatic rings. The van der Waals surface area contributed by atoms with Gasteiger partial charge in [-0.25, -0.2) is 4.98 Å². The molecule has 0 spiro atoms. The second-order valence-electron chi connectivity index (χ2n) is 7.02. The van der Waals surface area contributed by atoms with Gasteiger partial charge in [0.05, 0.1) is 5.56 Å². The van der Waals surface area contributed by atoms with Crippen LogP contribution in [0.2, 0.25) is 0 Å². The number of nitrogens with zero attached hydrogens (tertiary/aromatic N) is 3. The van der Waals surface area contributed by atoms with Gasteiger partial charge in [0, 0.05) is 37.8 Å². The molecule has 0 radical (unpaired) electrons. The molecular weight excluding hydrogens is 389 g/mol. The molecule has 2 saturated heterocycles.